The maximum absolute atomic E-state index is 13.0. The molecule has 11 heteroatoms. The van der Waals surface area contributed by atoms with Gasteiger partial charge in [-0.1, -0.05) is 11.8 Å². The summed E-state index contributed by atoms with van der Waals surface area (Å²) in [5.74, 6) is -0.321. The molecule has 0 spiro atoms. The normalized spacial score (nSPS) is 11.1. The molecule has 158 valence electrons. The monoisotopic (exact) mass is 441 g/mol. The third-order valence-corrected chi connectivity index (χ3v) is 5.45. The molecule has 1 amide bonds. The van der Waals surface area contributed by atoms with Crippen LogP contribution in [0, 0.1) is 5.82 Å². The fourth-order valence-corrected chi connectivity index (χ4v) is 3.73. The Labute approximate surface area is 178 Å². The van der Waals surface area contributed by atoms with Gasteiger partial charge in [-0.2, -0.15) is 0 Å². The van der Waals surface area contributed by atoms with Crippen molar-refractivity contribution in [2.24, 2.45) is 14.1 Å². The Kier molecular flexibility index (Phi) is 5.42. The predicted octanol–water partition coefficient (Wildman–Crippen LogP) is 2.16. The highest BCUT2D eigenvalue weighted by molar-refractivity contribution is 8.00. The van der Waals surface area contributed by atoms with Gasteiger partial charge in [0, 0.05) is 19.8 Å². The van der Waals surface area contributed by atoms with Gasteiger partial charge in [-0.15, -0.1) is 0 Å². The minimum atomic E-state index is -0.564. The van der Waals surface area contributed by atoms with Crippen LogP contribution in [0.4, 0.5) is 10.1 Å². The number of fused-ring (bicyclic) bond motifs is 1. The van der Waals surface area contributed by atoms with Gasteiger partial charge in [0.05, 0.1) is 12.0 Å². The van der Waals surface area contributed by atoms with Crippen LogP contribution in [0.2, 0.25) is 0 Å². The number of hydrogen-bond donors (Lipinski definition) is 1. The Morgan fingerprint density at radius 1 is 1.13 bits per heavy atom. The molecule has 4 rings (SSSR count). The number of carbonyl (C=O) groups excluding carboxylic acids is 1. The van der Waals surface area contributed by atoms with Crippen molar-refractivity contribution in [2.75, 3.05) is 11.1 Å². The number of rotatable bonds is 5. The lowest BCUT2D eigenvalue weighted by Gasteiger charge is -2.11. The molecule has 0 bridgehead atoms. The molecule has 0 aliphatic heterocycles. The first-order valence-electron chi connectivity index (χ1n) is 9.05. The van der Waals surface area contributed by atoms with Gasteiger partial charge in [0.1, 0.15) is 16.2 Å². The summed E-state index contributed by atoms with van der Waals surface area (Å²) in [4.78, 5) is 46.2. The van der Waals surface area contributed by atoms with Crippen LogP contribution in [0.25, 0.3) is 22.6 Å². The number of halogens is 1. The molecule has 3 heterocycles. The lowest BCUT2D eigenvalue weighted by Crippen LogP contribution is -2.37. The molecule has 0 saturated heterocycles. The van der Waals surface area contributed by atoms with Crippen LogP contribution in [0.15, 0.2) is 61.7 Å². The van der Waals surface area contributed by atoms with Gasteiger partial charge in [-0.3, -0.25) is 18.7 Å². The summed E-state index contributed by atoms with van der Waals surface area (Å²) in [5.41, 5.74) is -0.526. The molecule has 31 heavy (non-hydrogen) atoms. The van der Waals surface area contributed by atoms with Crippen LogP contribution in [0.3, 0.4) is 0 Å². The Bertz CT molecular complexity index is 1390. The van der Waals surface area contributed by atoms with E-state index in [1.807, 2.05) is 0 Å². The van der Waals surface area contributed by atoms with Crippen molar-refractivity contribution in [3.8, 4) is 11.6 Å². The Hall–Kier alpha value is -3.73. The van der Waals surface area contributed by atoms with Crippen molar-refractivity contribution in [1.29, 1.82) is 0 Å². The van der Waals surface area contributed by atoms with Crippen LogP contribution in [-0.4, -0.2) is 30.8 Å². The zero-order valence-electron chi connectivity index (χ0n) is 16.5. The average Bonchev–Trinajstić information content (AvgIpc) is 3.31. The number of anilines is 1. The van der Waals surface area contributed by atoms with Crippen LogP contribution in [-0.2, 0) is 18.9 Å². The highest BCUT2D eigenvalue weighted by Gasteiger charge is 2.19. The molecule has 0 unspecified atom stereocenters. The van der Waals surface area contributed by atoms with E-state index >= 15 is 0 Å². The number of amides is 1. The third-order valence-electron chi connectivity index (χ3n) is 4.48. The van der Waals surface area contributed by atoms with Crippen molar-refractivity contribution in [1.82, 2.24) is 19.1 Å². The Balaban J connectivity index is 1.73. The second-order valence-corrected chi connectivity index (χ2v) is 7.54. The van der Waals surface area contributed by atoms with E-state index in [1.54, 1.807) is 12.1 Å². The first kappa shape index (κ1) is 20.5. The van der Waals surface area contributed by atoms with Gasteiger partial charge in [-0.05, 0) is 36.4 Å². The maximum Gasteiger partial charge on any atom is 0.332 e. The fraction of sp³-hybridized carbons (Fsp3) is 0.150. The second kappa shape index (κ2) is 8.19. The summed E-state index contributed by atoms with van der Waals surface area (Å²) in [6, 6.07) is 8.67. The lowest BCUT2D eigenvalue weighted by molar-refractivity contribution is -0.113. The van der Waals surface area contributed by atoms with Gasteiger partial charge in [0.15, 0.2) is 17.2 Å². The molecule has 1 aromatic carbocycles. The largest absolute Gasteiger partial charge is 0.461 e. The van der Waals surface area contributed by atoms with Gasteiger partial charge < -0.3 is 9.73 Å². The fourth-order valence-electron chi connectivity index (χ4n) is 2.91. The number of aryl methyl sites for hydroxylation is 1. The van der Waals surface area contributed by atoms with Crippen molar-refractivity contribution >= 4 is 34.4 Å². The van der Waals surface area contributed by atoms with E-state index < -0.39 is 17.1 Å². The smallest absolute Gasteiger partial charge is 0.332 e. The van der Waals surface area contributed by atoms with E-state index in [0.29, 0.717) is 11.4 Å². The number of benzene rings is 1. The zero-order chi connectivity index (χ0) is 22.1. The molecule has 0 aliphatic rings. The number of nitrogens with one attached hydrogen (secondary N) is 1. The summed E-state index contributed by atoms with van der Waals surface area (Å²) in [5, 5.41) is 3.01. The second-order valence-electron chi connectivity index (χ2n) is 6.58. The number of nitrogens with zero attached hydrogens (tertiary/aromatic N) is 4. The highest BCUT2D eigenvalue weighted by Crippen LogP contribution is 2.26. The summed E-state index contributed by atoms with van der Waals surface area (Å²) >= 11 is 1.02. The number of hydrogen-bond acceptors (Lipinski definition) is 7. The number of carbonyl (C=O) groups is 1. The molecule has 3 aromatic heterocycles. The molecule has 9 nitrogen and oxygen atoms in total. The summed E-state index contributed by atoms with van der Waals surface area (Å²) < 4.78 is 20.6. The standard InChI is InChI=1S/C20H16FN5O4S/c1-25-17-15(19(28)26(2)20(25)29)18(24-16(23-17)13-4-3-9-30-13)31-10-14(27)22-12-7-5-11(21)6-8-12/h3-9H,10H2,1-2H3,(H,22,27). The molecule has 0 atom stereocenters. The molecule has 0 saturated carbocycles. The summed E-state index contributed by atoms with van der Waals surface area (Å²) in [6.07, 6.45) is 1.45. The molecule has 4 aromatic rings. The molecule has 0 aliphatic carbocycles. The molecule has 0 fully saturated rings. The zero-order valence-corrected chi connectivity index (χ0v) is 17.3. The predicted molar refractivity (Wildman–Crippen MR) is 113 cm³/mol. The minimum absolute atomic E-state index is 0.0763. The molecule has 0 radical (unpaired) electrons. The quantitative estimate of drug-likeness (QED) is 0.373. The van der Waals surface area contributed by atoms with E-state index in [1.165, 1.54) is 49.2 Å². The van der Waals surface area contributed by atoms with Gasteiger partial charge in [0.25, 0.3) is 5.56 Å². The molecular formula is C20H16FN5O4S. The van der Waals surface area contributed by atoms with Crippen LogP contribution in [0.1, 0.15) is 0 Å². The Morgan fingerprint density at radius 3 is 2.55 bits per heavy atom. The van der Waals surface area contributed by atoms with Crippen molar-refractivity contribution < 1.29 is 13.6 Å². The first-order chi connectivity index (χ1) is 14.8. The molecular weight excluding hydrogens is 425 g/mol. The van der Waals surface area contributed by atoms with E-state index in [-0.39, 0.29) is 33.5 Å². The van der Waals surface area contributed by atoms with Gasteiger partial charge in [-0.25, -0.2) is 19.2 Å². The molecule has 1 N–H and O–H groups in total. The number of aromatic nitrogens is 4. The van der Waals surface area contributed by atoms with Crippen molar-refractivity contribution in [3.05, 3.63) is 69.3 Å². The van der Waals surface area contributed by atoms with E-state index in [0.717, 1.165) is 16.3 Å². The average molecular weight is 441 g/mol. The van der Waals surface area contributed by atoms with Crippen LogP contribution >= 0.6 is 11.8 Å². The number of furan rings is 1. The number of thioether (sulfide) groups is 1. The highest BCUT2D eigenvalue weighted by atomic mass is 32.2. The van der Waals surface area contributed by atoms with Crippen LogP contribution < -0.4 is 16.6 Å². The van der Waals surface area contributed by atoms with E-state index in [2.05, 4.69) is 15.3 Å². The Morgan fingerprint density at radius 2 is 1.87 bits per heavy atom. The van der Waals surface area contributed by atoms with Gasteiger partial charge in [0.2, 0.25) is 5.91 Å². The minimum Gasteiger partial charge on any atom is -0.461 e. The summed E-state index contributed by atoms with van der Waals surface area (Å²) in [6.45, 7) is 0. The van der Waals surface area contributed by atoms with Crippen LogP contribution in [0.5, 0.6) is 0 Å². The summed E-state index contributed by atoms with van der Waals surface area (Å²) in [7, 11) is 2.86. The maximum atomic E-state index is 13.0. The van der Waals surface area contributed by atoms with E-state index in [9.17, 15) is 18.8 Å². The van der Waals surface area contributed by atoms with E-state index in [4.69, 9.17) is 4.42 Å². The van der Waals surface area contributed by atoms with Crippen molar-refractivity contribution in [3.63, 3.8) is 0 Å². The topological polar surface area (TPSA) is 112 Å². The third kappa shape index (κ3) is 3.99. The SMILES string of the molecule is Cn1c(=O)c2c(SCC(=O)Nc3ccc(F)cc3)nc(-c3ccco3)nc2n(C)c1=O. The van der Waals surface area contributed by atoms with Gasteiger partial charge >= 0.3 is 5.69 Å². The van der Waals surface area contributed by atoms with Crippen molar-refractivity contribution in [2.45, 2.75) is 5.03 Å². The lowest BCUT2D eigenvalue weighted by atomic mass is 10.3. The first-order valence-corrected chi connectivity index (χ1v) is 10.0.